The van der Waals surface area contributed by atoms with Crippen LogP contribution in [0.5, 0.6) is 0 Å². The molecule has 1 unspecified atom stereocenters. The fourth-order valence-electron chi connectivity index (χ4n) is 2.40. The largest absolute Gasteiger partial charge is 0.352 e. The fourth-order valence-corrected chi connectivity index (χ4v) is 3.41. The van der Waals surface area contributed by atoms with Crippen molar-refractivity contribution in [2.24, 2.45) is 0 Å². The number of nitrogens with one attached hydrogen (secondary N) is 1. The van der Waals surface area contributed by atoms with E-state index in [0.717, 1.165) is 26.1 Å². The first-order valence-electron chi connectivity index (χ1n) is 7.29. The van der Waals surface area contributed by atoms with Gasteiger partial charge in [-0.15, -0.1) is 0 Å². The quantitative estimate of drug-likeness (QED) is 0.897. The fraction of sp³-hybridized carbons (Fsp3) is 0.667. The van der Waals surface area contributed by atoms with Gasteiger partial charge in [0.1, 0.15) is 5.82 Å². The Bertz CT molecular complexity index is 408. The third-order valence-electron chi connectivity index (χ3n) is 3.53. The molecule has 0 spiro atoms. The predicted molar refractivity (Wildman–Crippen MR) is 85.1 cm³/mol. The highest BCUT2D eigenvalue weighted by molar-refractivity contribution is 7.99. The summed E-state index contributed by atoms with van der Waals surface area (Å²) in [6, 6.07) is 5.08. The summed E-state index contributed by atoms with van der Waals surface area (Å²) in [5.41, 5.74) is 2.56. The molecule has 0 amide bonds. The number of anilines is 1. The molecule has 19 heavy (non-hydrogen) atoms. The van der Waals surface area contributed by atoms with Crippen LogP contribution in [0.3, 0.4) is 0 Å². The Morgan fingerprint density at radius 1 is 1.42 bits per heavy atom. The summed E-state index contributed by atoms with van der Waals surface area (Å²) >= 11 is 2.05. The van der Waals surface area contributed by atoms with Crippen molar-refractivity contribution < 1.29 is 0 Å². The van der Waals surface area contributed by atoms with E-state index in [0.29, 0.717) is 6.04 Å². The summed E-state index contributed by atoms with van der Waals surface area (Å²) in [5.74, 6) is 3.59. The van der Waals surface area contributed by atoms with Crippen molar-refractivity contribution in [2.45, 2.75) is 39.8 Å². The second kappa shape index (κ2) is 7.15. The van der Waals surface area contributed by atoms with Gasteiger partial charge >= 0.3 is 0 Å². The first-order valence-corrected chi connectivity index (χ1v) is 8.45. The zero-order valence-corrected chi connectivity index (χ0v) is 13.1. The first-order chi connectivity index (χ1) is 9.24. The first kappa shape index (κ1) is 14.7. The van der Waals surface area contributed by atoms with Crippen molar-refractivity contribution >= 4 is 17.6 Å². The number of nitrogens with zero attached hydrogens (tertiary/aromatic N) is 2. The van der Waals surface area contributed by atoms with Crippen molar-refractivity contribution in [3.8, 4) is 0 Å². The lowest BCUT2D eigenvalue weighted by atomic mass is 10.1. The molecule has 1 fully saturated rings. The molecule has 1 aromatic heterocycles. The molecule has 106 valence electrons. The van der Waals surface area contributed by atoms with Crippen molar-refractivity contribution in [2.75, 3.05) is 29.5 Å². The molecular weight excluding hydrogens is 254 g/mol. The minimum Gasteiger partial charge on any atom is -0.352 e. The summed E-state index contributed by atoms with van der Waals surface area (Å²) in [4.78, 5) is 7.29. The molecule has 2 heterocycles. The molecule has 0 bridgehead atoms. The number of rotatable bonds is 5. The number of pyridine rings is 1. The van der Waals surface area contributed by atoms with Crippen LogP contribution in [0.4, 0.5) is 5.82 Å². The van der Waals surface area contributed by atoms with Gasteiger partial charge in [-0.05, 0) is 37.6 Å². The van der Waals surface area contributed by atoms with Crippen LogP contribution in [0.15, 0.2) is 12.1 Å². The molecule has 1 N–H and O–H groups in total. The molecule has 1 aliphatic heterocycles. The number of hydrogen-bond acceptors (Lipinski definition) is 4. The summed E-state index contributed by atoms with van der Waals surface area (Å²) < 4.78 is 0. The molecule has 2 rings (SSSR count). The van der Waals surface area contributed by atoms with Gasteiger partial charge in [0.05, 0.1) is 0 Å². The Kier molecular flexibility index (Phi) is 5.52. The molecule has 1 saturated heterocycles. The van der Waals surface area contributed by atoms with E-state index in [1.54, 1.807) is 0 Å². The van der Waals surface area contributed by atoms with Gasteiger partial charge in [0.15, 0.2) is 0 Å². The SMILES string of the molecule is CCNCc1cc(CC)nc(N2CCSCC2C)c1. The van der Waals surface area contributed by atoms with Crippen LogP contribution < -0.4 is 10.2 Å². The van der Waals surface area contributed by atoms with Crippen LogP contribution in [-0.2, 0) is 13.0 Å². The molecule has 0 saturated carbocycles. The highest BCUT2D eigenvalue weighted by Crippen LogP contribution is 2.23. The average Bonchev–Trinajstić information content (AvgIpc) is 2.45. The number of hydrogen-bond donors (Lipinski definition) is 1. The van der Waals surface area contributed by atoms with E-state index in [1.165, 1.54) is 28.6 Å². The van der Waals surface area contributed by atoms with E-state index in [4.69, 9.17) is 4.98 Å². The normalized spacial score (nSPS) is 19.7. The molecule has 0 radical (unpaired) electrons. The molecular formula is C15H25N3S. The minimum absolute atomic E-state index is 0.588. The zero-order chi connectivity index (χ0) is 13.7. The number of aromatic nitrogens is 1. The molecule has 4 heteroatoms. The Balaban J connectivity index is 2.22. The molecule has 0 aromatic carbocycles. The van der Waals surface area contributed by atoms with Gasteiger partial charge in [0.25, 0.3) is 0 Å². The maximum Gasteiger partial charge on any atom is 0.129 e. The van der Waals surface area contributed by atoms with Gasteiger partial charge in [-0.2, -0.15) is 11.8 Å². The van der Waals surface area contributed by atoms with Gasteiger partial charge < -0.3 is 10.2 Å². The highest BCUT2D eigenvalue weighted by atomic mass is 32.2. The minimum atomic E-state index is 0.588. The van der Waals surface area contributed by atoms with Crippen LogP contribution in [0.25, 0.3) is 0 Å². The second-order valence-corrected chi connectivity index (χ2v) is 6.23. The Morgan fingerprint density at radius 3 is 2.95 bits per heavy atom. The third kappa shape index (κ3) is 3.86. The van der Waals surface area contributed by atoms with Gasteiger partial charge in [0.2, 0.25) is 0 Å². The maximum absolute atomic E-state index is 4.82. The van der Waals surface area contributed by atoms with E-state index in [1.807, 2.05) is 11.8 Å². The van der Waals surface area contributed by atoms with E-state index >= 15 is 0 Å². The van der Waals surface area contributed by atoms with E-state index < -0.39 is 0 Å². The Morgan fingerprint density at radius 2 is 2.26 bits per heavy atom. The topological polar surface area (TPSA) is 28.2 Å². The van der Waals surface area contributed by atoms with Gasteiger partial charge in [0, 0.05) is 36.3 Å². The summed E-state index contributed by atoms with van der Waals surface area (Å²) in [5, 5.41) is 3.41. The molecule has 1 atom stereocenters. The number of thioether (sulfide) groups is 1. The lowest BCUT2D eigenvalue weighted by Gasteiger charge is -2.34. The Labute approximate surface area is 121 Å². The monoisotopic (exact) mass is 279 g/mol. The van der Waals surface area contributed by atoms with E-state index in [-0.39, 0.29) is 0 Å². The van der Waals surface area contributed by atoms with E-state index in [2.05, 4.69) is 43.1 Å². The van der Waals surface area contributed by atoms with Crippen molar-refractivity contribution in [1.82, 2.24) is 10.3 Å². The lowest BCUT2D eigenvalue weighted by Crippen LogP contribution is -2.41. The van der Waals surface area contributed by atoms with Gasteiger partial charge in [-0.1, -0.05) is 13.8 Å². The van der Waals surface area contributed by atoms with Gasteiger partial charge in [-0.25, -0.2) is 4.98 Å². The van der Waals surface area contributed by atoms with Crippen LogP contribution >= 0.6 is 11.8 Å². The standard InChI is InChI=1S/C15H25N3S/c1-4-14-8-13(10-16-5-2)9-15(17-14)18-6-7-19-11-12(18)3/h8-9,12,16H,4-7,10-11H2,1-3H3. The average molecular weight is 279 g/mol. The summed E-state index contributed by atoms with van der Waals surface area (Å²) in [7, 11) is 0. The third-order valence-corrected chi connectivity index (χ3v) is 4.72. The second-order valence-electron chi connectivity index (χ2n) is 5.08. The molecule has 3 nitrogen and oxygen atoms in total. The van der Waals surface area contributed by atoms with Crippen molar-refractivity contribution in [3.05, 3.63) is 23.4 Å². The molecule has 0 aliphatic carbocycles. The summed E-state index contributed by atoms with van der Waals surface area (Å²) in [6.07, 6.45) is 1.00. The van der Waals surface area contributed by atoms with Crippen LogP contribution in [0.1, 0.15) is 32.0 Å². The summed E-state index contributed by atoms with van der Waals surface area (Å²) in [6.45, 7) is 9.69. The predicted octanol–water partition coefficient (Wildman–Crippen LogP) is 2.70. The van der Waals surface area contributed by atoms with Crippen LogP contribution in [0, 0.1) is 0 Å². The zero-order valence-electron chi connectivity index (χ0n) is 12.3. The highest BCUT2D eigenvalue weighted by Gasteiger charge is 2.20. The van der Waals surface area contributed by atoms with Crippen molar-refractivity contribution in [3.63, 3.8) is 0 Å². The van der Waals surface area contributed by atoms with Crippen LogP contribution in [-0.4, -0.2) is 35.6 Å². The van der Waals surface area contributed by atoms with Gasteiger partial charge in [-0.3, -0.25) is 0 Å². The molecule has 1 aliphatic rings. The van der Waals surface area contributed by atoms with E-state index in [9.17, 15) is 0 Å². The lowest BCUT2D eigenvalue weighted by molar-refractivity contribution is 0.682. The van der Waals surface area contributed by atoms with Crippen molar-refractivity contribution in [1.29, 1.82) is 0 Å². The van der Waals surface area contributed by atoms with Crippen LogP contribution in [0.2, 0.25) is 0 Å². The molecule has 1 aromatic rings. The smallest absolute Gasteiger partial charge is 0.129 e. The Hall–Kier alpha value is -0.740. The maximum atomic E-state index is 4.82. The number of aryl methyl sites for hydroxylation is 1.